The number of thiazole rings is 1. The zero-order valence-corrected chi connectivity index (χ0v) is 20.2. The Labute approximate surface area is 202 Å². The van der Waals surface area contributed by atoms with Gasteiger partial charge in [0, 0.05) is 0 Å². The highest BCUT2D eigenvalue weighted by molar-refractivity contribution is 7.17. The van der Waals surface area contributed by atoms with Crippen molar-refractivity contribution in [3.8, 4) is 0 Å². The second-order valence-electron chi connectivity index (χ2n) is 8.56. The normalized spacial score (nSPS) is 17.1. The summed E-state index contributed by atoms with van der Waals surface area (Å²) < 4.78 is 5.10. The van der Waals surface area contributed by atoms with Crippen molar-refractivity contribution >= 4 is 40.3 Å². The van der Waals surface area contributed by atoms with E-state index in [1.807, 2.05) is 30.3 Å². The van der Waals surface area contributed by atoms with Crippen LogP contribution in [0.4, 0.5) is 9.93 Å². The maximum Gasteiger partial charge on any atom is 0.350 e. The Morgan fingerprint density at radius 3 is 2.56 bits per heavy atom. The summed E-state index contributed by atoms with van der Waals surface area (Å²) in [6.45, 7) is 3.42. The van der Waals surface area contributed by atoms with Crippen molar-refractivity contribution in [2.45, 2.75) is 58.0 Å². The van der Waals surface area contributed by atoms with Gasteiger partial charge < -0.3 is 10.1 Å². The van der Waals surface area contributed by atoms with Crippen LogP contribution in [0.3, 0.4) is 0 Å². The molecule has 1 saturated carbocycles. The molecule has 1 aliphatic heterocycles. The van der Waals surface area contributed by atoms with E-state index < -0.39 is 30.0 Å². The number of nitrogens with zero attached hydrogens (tertiary/aromatic N) is 3. The first-order chi connectivity index (χ1) is 16.3. The summed E-state index contributed by atoms with van der Waals surface area (Å²) in [5.74, 6) is -1.29. The topological polar surface area (TPSA) is 109 Å². The monoisotopic (exact) mass is 484 g/mol. The van der Waals surface area contributed by atoms with E-state index in [9.17, 15) is 19.2 Å². The highest BCUT2D eigenvalue weighted by Gasteiger charge is 2.51. The van der Waals surface area contributed by atoms with Gasteiger partial charge in [0.05, 0.1) is 18.8 Å². The smallest absolute Gasteiger partial charge is 0.350 e. The first-order valence-electron chi connectivity index (χ1n) is 11.5. The molecular weight excluding hydrogens is 456 g/mol. The van der Waals surface area contributed by atoms with Crippen molar-refractivity contribution in [1.29, 1.82) is 0 Å². The van der Waals surface area contributed by atoms with Gasteiger partial charge in [0.2, 0.25) is 5.91 Å². The van der Waals surface area contributed by atoms with Gasteiger partial charge in [-0.3, -0.25) is 19.4 Å². The molecule has 1 aromatic carbocycles. The minimum atomic E-state index is -0.894. The van der Waals surface area contributed by atoms with Crippen molar-refractivity contribution in [2.24, 2.45) is 0 Å². The standard InChI is InChI=1S/C24H28N4O5S/c1-3-33-20(30)19-16(2)25-23(34-19)27(14-17-10-6-4-7-11-17)18(29)15-28-21(31)24(26-22(28)32)12-8-5-9-13-24/h4,6-7,10-11H,3,5,8-9,12-15H2,1-2H3,(H,26,32). The molecule has 1 saturated heterocycles. The number of anilines is 1. The Bertz CT molecular complexity index is 1090. The maximum absolute atomic E-state index is 13.5. The molecule has 1 aliphatic carbocycles. The van der Waals surface area contributed by atoms with Gasteiger partial charge in [-0.1, -0.05) is 60.9 Å². The number of urea groups is 1. The van der Waals surface area contributed by atoms with Crippen LogP contribution in [0.1, 0.15) is 60.0 Å². The molecule has 0 radical (unpaired) electrons. The maximum atomic E-state index is 13.5. The van der Waals surface area contributed by atoms with Gasteiger partial charge in [-0.05, 0) is 32.3 Å². The van der Waals surface area contributed by atoms with Crippen molar-refractivity contribution < 1.29 is 23.9 Å². The number of hydrogen-bond acceptors (Lipinski definition) is 7. The number of amides is 4. The lowest BCUT2D eigenvalue weighted by Crippen LogP contribution is -2.49. The molecule has 180 valence electrons. The molecule has 2 heterocycles. The summed E-state index contributed by atoms with van der Waals surface area (Å²) in [7, 11) is 0. The number of rotatable bonds is 7. The number of benzene rings is 1. The molecule has 2 aliphatic rings. The van der Waals surface area contributed by atoms with Crippen LogP contribution < -0.4 is 10.2 Å². The fraction of sp³-hybridized carbons (Fsp3) is 0.458. The summed E-state index contributed by atoms with van der Waals surface area (Å²) in [4.78, 5) is 58.8. The quantitative estimate of drug-likeness (QED) is 0.477. The number of aryl methyl sites for hydroxylation is 1. The second kappa shape index (κ2) is 9.92. The highest BCUT2D eigenvalue weighted by atomic mass is 32.1. The molecule has 1 spiro atoms. The van der Waals surface area contributed by atoms with E-state index in [2.05, 4.69) is 10.3 Å². The number of imide groups is 1. The summed E-state index contributed by atoms with van der Waals surface area (Å²) in [6.07, 6.45) is 3.93. The molecule has 9 nitrogen and oxygen atoms in total. The molecule has 1 aromatic heterocycles. The van der Waals surface area contributed by atoms with Gasteiger partial charge in [-0.2, -0.15) is 0 Å². The molecule has 2 fully saturated rings. The molecule has 2 aromatic rings. The third-order valence-electron chi connectivity index (χ3n) is 6.21. The third kappa shape index (κ3) is 4.68. The summed E-state index contributed by atoms with van der Waals surface area (Å²) in [5.41, 5.74) is 0.414. The van der Waals surface area contributed by atoms with Crippen LogP contribution in [-0.4, -0.2) is 52.4 Å². The fourth-order valence-corrected chi connectivity index (χ4v) is 5.42. The van der Waals surface area contributed by atoms with Crippen LogP contribution >= 0.6 is 11.3 Å². The van der Waals surface area contributed by atoms with E-state index in [4.69, 9.17) is 4.74 Å². The Morgan fingerprint density at radius 2 is 1.88 bits per heavy atom. The van der Waals surface area contributed by atoms with Crippen LogP contribution in [0.15, 0.2) is 30.3 Å². The Morgan fingerprint density at radius 1 is 1.18 bits per heavy atom. The van der Waals surface area contributed by atoms with E-state index in [0.29, 0.717) is 28.5 Å². The largest absolute Gasteiger partial charge is 0.462 e. The second-order valence-corrected chi connectivity index (χ2v) is 9.54. The van der Waals surface area contributed by atoms with Crippen LogP contribution in [0.25, 0.3) is 0 Å². The molecule has 4 amide bonds. The molecule has 34 heavy (non-hydrogen) atoms. The van der Waals surface area contributed by atoms with Gasteiger partial charge in [-0.15, -0.1) is 0 Å². The van der Waals surface area contributed by atoms with Crippen molar-refractivity contribution in [3.63, 3.8) is 0 Å². The number of ether oxygens (including phenoxy) is 1. The summed E-state index contributed by atoms with van der Waals surface area (Å²) in [6, 6.07) is 8.80. The van der Waals surface area contributed by atoms with Crippen LogP contribution in [0.5, 0.6) is 0 Å². The third-order valence-corrected chi connectivity index (χ3v) is 7.37. The average Bonchev–Trinajstić information content (AvgIpc) is 3.31. The van der Waals surface area contributed by atoms with Crippen molar-refractivity contribution in [2.75, 3.05) is 18.1 Å². The number of esters is 1. The van der Waals surface area contributed by atoms with E-state index in [1.54, 1.807) is 13.8 Å². The molecule has 0 atom stereocenters. The van der Waals surface area contributed by atoms with Crippen LogP contribution in [0, 0.1) is 6.92 Å². The fourth-order valence-electron chi connectivity index (χ4n) is 4.45. The SMILES string of the molecule is CCOC(=O)c1sc(N(Cc2ccccc2)C(=O)CN2C(=O)NC3(CCCCC3)C2=O)nc1C. The molecular formula is C24H28N4O5S. The number of aromatic nitrogens is 1. The number of carbonyl (C=O) groups excluding carboxylic acids is 4. The molecule has 1 N–H and O–H groups in total. The van der Waals surface area contributed by atoms with E-state index in [0.717, 1.165) is 41.1 Å². The summed E-state index contributed by atoms with van der Waals surface area (Å²) >= 11 is 1.06. The van der Waals surface area contributed by atoms with Gasteiger partial charge in [-0.25, -0.2) is 14.6 Å². The lowest BCUT2D eigenvalue weighted by molar-refractivity contribution is -0.135. The molecule has 4 rings (SSSR count). The van der Waals surface area contributed by atoms with Crippen molar-refractivity contribution in [1.82, 2.24) is 15.2 Å². The Hall–Kier alpha value is -3.27. The Balaban J connectivity index is 1.60. The number of carbonyl (C=O) groups is 4. The van der Waals surface area contributed by atoms with Gasteiger partial charge in [0.1, 0.15) is 17.0 Å². The van der Waals surface area contributed by atoms with Gasteiger partial charge in [0.25, 0.3) is 5.91 Å². The van der Waals surface area contributed by atoms with Gasteiger partial charge >= 0.3 is 12.0 Å². The minimum Gasteiger partial charge on any atom is -0.462 e. The Kier molecular flexibility index (Phi) is 6.97. The van der Waals surface area contributed by atoms with E-state index >= 15 is 0 Å². The summed E-state index contributed by atoms with van der Waals surface area (Å²) in [5, 5.41) is 3.15. The lowest BCUT2D eigenvalue weighted by Gasteiger charge is -2.30. The zero-order valence-electron chi connectivity index (χ0n) is 19.3. The lowest BCUT2D eigenvalue weighted by atomic mass is 9.82. The molecule has 0 unspecified atom stereocenters. The molecule has 0 bridgehead atoms. The van der Waals surface area contributed by atoms with Crippen LogP contribution in [-0.2, 0) is 20.9 Å². The van der Waals surface area contributed by atoms with Gasteiger partial charge in [0.15, 0.2) is 5.13 Å². The zero-order chi connectivity index (χ0) is 24.3. The predicted octanol–water partition coefficient (Wildman–Crippen LogP) is 3.42. The van der Waals surface area contributed by atoms with E-state index in [-0.39, 0.29) is 19.1 Å². The number of nitrogens with one attached hydrogen (secondary N) is 1. The molecule has 10 heteroatoms. The number of hydrogen-bond donors (Lipinski definition) is 1. The average molecular weight is 485 g/mol. The predicted molar refractivity (Wildman–Crippen MR) is 127 cm³/mol. The first-order valence-corrected chi connectivity index (χ1v) is 12.3. The van der Waals surface area contributed by atoms with Crippen molar-refractivity contribution in [3.05, 3.63) is 46.5 Å². The van der Waals surface area contributed by atoms with Crippen LogP contribution in [0.2, 0.25) is 0 Å². The minimum absolute atomic E-state index is 0.184. The first kappa shape index (κ1) is 23.9. The van der Waals surface area contributed by atoms with E-state index in [1.165, 1.54) is 4.90 Å². The highest BCUT2D eigenvalue weighted by Crippen LogP contribution is 2.34.